The lowest BCUT2D eigenvalue weighted by Crippen LogP contribution is -2.03. The third-order valence-corrected chi connectivity index (χ3v) is 2.44. The lowest BCUT2D eigenvalue weighted by atomic mass is 10.1. The largest absolute Gasteiger partial charge is 0.382 e. The van der Waals surface area contributed by atoms with Gasteiger partial charge in [-0.3, -0.25) is 10.1 Å². The van der Waals surface area contributed by atoms with E-state index < -0.39 is 0 Å². The van der Waals surface area contributed by atoms with E-state index in [0.29, 0.717) is 6.04 Å². The minimum Gasteiger partial charge on any atom is -0.382 e. The zero-order valence-electron chi connectivity index (χ0n) is 7.99. The fourth-order valence-electron chi connectivity index (χ4n) is 1.43. The number of anilines is 1. The van der Waals surface area contributed by atoms with Crippen molar-refractivity contribution < 1.29 is 4.92 Å². The molecule has 0 aliphatic heterocycles. The summed E-state index contributed by atoms with van der Waals surface area (Å²) in [5.41, 5.74) is 1.81. The number of nitro benzene ring substituents is 1. The van der Waals surface area contributed by atoms with Crippen molar-refractivity contribution in [3.63, 3.8) is 0 Å². The number of hydrogen-bond acceptors (Lipinski definition) is 3. The molecule has 0 radical (unpaired) electrons. The molecule has 74 valence electrons. The summed E-state index contributed by atoms with van der Waals surface area (Å²) < 4.78 is 0. The van der Waals surface area contributed by atoms with E-state index >= 15 is 0 Å². The molecule has 1 N–H and O–H groups in total. The Morgan fingerprint density at radius 1 is 1.50 bits per heavy atom. The second-order valence-electron chi connectivity index (χ2n) is 3.63. The first-order valence-corrected chi connectivity index (χ1v) is 4.69. The normalized spacial score (nSPS) is 15.2. The van der Waals surface area contributed by atoms with Gasteiger partial charge in [-0.1, -0.05) is 6.07 Å². The van der Waals surface area contributed by atoms with Gasteiger partial charge in [0.15, 0.2) is 0 Å². The number of nitrogens with one attached hydrogen (secondary N) is 1. The number of rotatable bonds is 3. The summed E-state index contributed by atoms with van der Waals surface area (Å²) in [7, 11) is 0. The summed E-state index contributed by atoms with van der Waals surface area (Å²) in [6.45, 7) is 1.78. The van der Waals surface area contributed by atoms with Crippen LogP contribution in [0.3, 0.4) is 0 Å². The maximum absolute atomic E-state index is 10.7. The van der Waals surface area contributed by atoms with Gasteiger partial charge >= 0.3 is 0 Å². The Morgan fingerprint density at radius 3 is 2.79 bits per heavy atom. The number of nitro groups is 1. The topological polar surface area (TPSA) is 55.2 Å². The van der Waals surface area contributed by atoms with Crippen molar-refractivity contribution in [2.24, 2.45) is 0 Å². The highest BCUT2D eigenvalue weighted by atomic mass is 16.6. The van der Waals surface area contributed by atoms with Crippen LogP contribution in [0, 0.1) is 17.0 Å². The first-order valence-electron chi connectivity index (χ1n) is 4.69. The fourth-order valence-corrected chi connectivity index (χ4v) is 1.43. The molecule has 1 aromatic carbocycles. The first-order chi connectivity index (χ1) is 6.68. The molecule has 0 aromatic heterocycles. The summed E-state index contributed by atoms with van der Waals surface area (Å²) in [6, 6.07) is 5.67. The summed E-state index contributed by atoms with van der Waals surface area (Å²) in [5, 5.41) is 13.9. The molecule has 1 fully saturated rings. The first kappa shape index (κ1) is 8.99. The molecule has 1 saturated carbocycles. The molecule has 0 unspecified atom stereocenters. The Balaban J connectivity index is 2.30. The maximum Gasteiger partial charge on any atom is 0.274 e. The predicted octanol–water partition coefficient (Wildman–Crippen LogP) is 2.48. The highest BCUT2D eigenvalue weighted by Crippen LogP contribution is 2.30. The Labute approximate surface area is 82.1 Å². The number of nitrogens with zero attached hydrogens (tertiary/aromatic N) is 1. The summed E-state index contributed by atoms with van der Waals surface area (Å²) in [4.78, 5) is 10.3. The van der Waals surface area contributed by atoms with Crippen LogP contribution in [0.25, 0.3) is 0 Å². The third kappa shape index (κ3) is 1.69. The third-order valence-electron chi connectivity index (χ3n) is 2.44. The lowest BCUT2D eigenvalue weighted by Gasteiger charge is -2.07. The monoisotopic (exact) mass is 192 g/mol. The molecule has 0 spiro atoms. The Morgan fingerprint density at radius 2 is 2.21 bits per heavy atom. The Kier molecular flexibility index (Phi) is 2.11. The molecule has 2 rings (SSSR count). The molecular weight excluding hydrogens is 180 g/mol. The molecule has 4 nitrogen and oxygen atoms in total. The van der Waals surface area contributed by atoms with Crippen molar-refractivity contribution in [1.82, 2.24) is 0 Å². The molecule has 0 heterocycles. The van der Waals surface area contributed by atoms with Crippen LogP contribution in [0.1, 0.15) is 18.4 Å². The van der Waals surface area contributed by atoms with Crippen molar-refractivity contribution >= 4 is 11.4 Å². The average molecular weight is 192 g/mol. The van der Waals surface area contributed by atoms with Gasteiger partial charge in [0, 0.05) is 23.4 Å². The summed E-state index contributed by atoms with van der Waals surface area (Å²) >= 11 is 0. The second-order valence-corrected chi connectivity index (χ2v) is 3.63. The zero-order chi connectivity index (χ0) is 10.1. The molecule has 1 aromatic rings. The van der Waals surface area contributed by atoms with Gasteiger partial charge in [0.2, 0.25) is 0 Å². The van der Waals surface area contributed by atoms with E-state index in [9.17, 15) is 10.1 Å². The highest BCUT2D eigenvalue weighted by molar-refractivity contribution is 5.60. The van der Waals surface area contributed by atoms with E-state index in [2.05, 4.69) is 5.32 Å². The summed E-state index contributed by atoms with van der Waals surface area (Å²) in [5.74, 6) is 0. The molecule has 0 saturated heterocycles. The van der Waals surface area contributed by atoms with Gasteiger partial charge in [0.25, 0.3) is 5.69 Å². The van der Waals surface area contributed by atoms with Gasteiger partial charge in [0.1, 0.15) is 0 Å². The molecule has 0 amide bonds. The van der Waals surface area contributed by atoms with E-state index in [4.69, 9.17) is 0 Å². The van der Waals surface area contributed by atoms with E-state index in [1.807, 2.05) is 6.07 Å². The Hall–Kier alpha value is -1.58. The van der Waals surface area contributed by atoms with Gasteiger partial charge in [-0.25, -0.2) is 0 Å². The lowest BCUT2D eigenvalue weighted by molar-refractivity contribution is -0.385. The summed E-state index contributed by atoms with van der Waals surface area (Å²) in [6.07, 6.45) is 2.34. The predicted molar refractivity (Wildman–Crippen MR) is 54.5 cm³/mol. The highest BCUT2D eigenvalue weighted by Gasteiger charge is 2.23. The quantitative estimate of drug-likeness (QED) is 0.591. The number of hydrogen-bond donors (Lipinski definition) is 1. The molecule has 1 aliphatic carbocycles. The van der Waals surface area contributed by atoms with E-state index in [1.54, 1.807) is 13.0 Å². The van der Waals surface area contributed by atoms with E-state index in [-0.39, 0.29) is 10.6 Å². The van der Waals surface area contributed by atoms with Crippen molar-refractivity contribution in [2.45, 2.75) is 25.8 Å². The average Bonchev–Trinajstić information content (AvgIpc) is 2.92. The molecule has 4 heteroatoms. The molecule has 1 aliphatic rings. The van der Waals surface area contributed by atoms with Gasteiger partial charge < -0.3 is 5.32 Å². The van der Waals surface area contributed by atoms with Crippen molar-refractivity contribution in [1.29, 1.82) is 0 Å². The number of benzene rings is 1. The smallest absolute Gasteiger partial charge is 0.274 e. The van der Waals surface area contributed by atoms with Crippen molar-refractivity contribution in [2.75, 3.05) is 5.32 Å². The second kappa shape index (κ2) is 3.29. The van der Waals surface area contributed by atoms with Crippen LogP contribution in [-0.4, -0.2) is 11.0 Å². The van der Waals surface area contributed by atoms with Crippen LogP contribution >= 0.6 is 0 Å². The van der Waals surface area contributed by atoms with Gasteiger partial charge in [-0.05, 0) is 25.8 Å². The van der Waals surface area contributed by atoms with E-state index in [0.717, 1.165) is 11.3 Å². The van der Waals surface area contributed by atoms with Crippen LogP contribution in [0.15, 0.2) is 18.2 Å². The Bertz CT molecular complexity index is 372. The molecule has 0 bridgehead atoms. The minimum absolute atomic E-state index is 0.190. The molecule has 14 heavy (non-hydrogen) atoms. The zero-order valence-corrected chi connectivity index (χ0v) is 7.99. The van der Waals surface area contributed by atoms with Crippen LogP contribution in [0.2, 0.25) is 0 Å². The minimum atomic E-state index is -0.340. The van der Waals surface area contributed by atoms with Crippen LogP contribution < -0.4 is 5.32 Å². The SMILES string of the molecule is Cc1c(NC2CC2)cccc1[N+](=O)[O-]. The van der Waals surface area contributed by atoms with Crippen molar-refractivity contribution in [3.05, 3.63) is 33.9 Å². The van der Waals surface area contributed by atoms with Crippen molar-refractivity contribution in [3.8, 4) is 0 Å². The van der Waals surface area contributed by atoms with Gasteiger partial charge in [-0.2, -0.15) is 0 Å². The van der Waals surface area contributed by atoms with E-state index in [1.165, 1.54) is 18.9 Å². The fraction of sp³-hybridized carbons (Fsp3) is 0.400. The molecule has 0 atom stereocenters. The standard InChI is InChI=1S/C10H12N2O2/c1-7-9(11-8-5-6-8)3-2-4-10(7)12(13)14/h2-4,8,11H,5-6H2,1H3. The van der Waals surface area contributed by atoms with Gasteiger partial charge in [-0.15, -0.1) is 0 Å². The van der Waals surface area contributed by atoms with Crippen LogP contribution in [0.5, 0.6) is 0 Å². The van der Waals surface area contributed by atoms with Crippen LogP contribution in [-0.2, 0) is 0 Å². The molecular formula is C10H12N2O2. The van der Waals surface area contributed by atoms with Crippen LogP contribution in [0.4, 0.5) is 11.4 Å². The van der Waals surface area contributed by atoms with Gasteiger partial charge in [0.05, 0.1) is 4.92 Å². The maximum atomic E-state index is 10.7.